The lowest BCUT2D eigenvalue weighted by molar-refractivity contribution is -0.0242. The van der Waals surface area contributed by atoms with Crippen molar-refractivity contribution in [2.24, 2.45) is 16.7 Å². The molecule has 3 rings (SSSR count). The Morgan fingerprint density at radius 3 is 2.57 bits per heavy atom. The monoisotopic (exact) mass is 306 g/mol. The molecule has 0 saturated heterocycles. The van der Waals surface area contributed by atoms with E-state index in [1.807, 2.05) is 13.0 Å². The van der Waals surface area contributed by atoms with Crippen LogP contribution in [0.3, 0.4) is 0 Å². The molecule has 114 valence electrons. The van der Waals surface area contributed by atoms with E-state index in [0.29, 0.717) is 16.5 Å². The normalized spacial score (nSPS) is 33.2. The third kappa shape index (κ3) is 2.11. The summed E-state index contributed by atoms with van der Waals surface area (Å²) in [5.41, 5.74) is 1.88. The van der Waals surface area contributed by atoms with Crippen molar-refractivity contribution in [1.82, 2.24) is 0 Å². The molecule has 2 aliphatic carbocycles. The van der Waals surface area contributed by atoms with Gasteiger partial charge in [-0.1, -0.05) is 38.4 Å². The molecule has 2 nitrogen and oxygen atoms in total. The standard InChI is InChI=1S/C18H23ClO2/c1-11-5-6-12(9-14(11)19)16(20)21-15-10-13-7-8-18(15,4)17(13,2)3/h5-6,9,13,15H,7-8,10H2,1-4H3. The molecule has 0 spiro atoms. The van der Waals surface area contributed by atoms with Crippen molar-refractivity contribution in [3.05, 3.63) is 34.3 Å². The summed E-state index contributed by atoms with van der Waals surface area (Å²) in [5.74, 6) is 0.424. The number of hydrogen-bond acceptors (Lipinski definition) is 2. The van der Waals surface area contributed by atoms with Crippen molar-refractivity contribution in [3.8, 4) is 0 Å². The van der Waals surface area contributed by atoms with E-state index < -0.39 is 0 Å². The van der Waals surface area contributed by atoms with Crippen LogP contribution in [0.25, 0.3) is 0 Å². The van der Waals surface area contributed by atoms with Crippen LogP contribution in [0.4, 0.5) is 0 Å². The van der Waals surface area contributed by atoms with Gasteiger partial charge in [0.15, 0.2) is 0 Å². The molecule has 2 fully saturated rings. The molecule has 3 unspecified atom stereocenters. The predicted octanol–water partition coefficient (Wildman–Crippen LogP) is 5.02. The van der Waals surface area contributed by atoms with Crippen LogP contribution in [0.1, 0.15) is 56.0 Å². The molecule has 1 aromatic carbocycles. The topological polar surface area (TPSA) is 26.3 Å². The van der Waals surface area contributed by atoms with Crippen molar-refractivity contribution >= 4 is 17.6 Å². The number of hydrogen-bond donors (Lipinski definition) is 0. The maximum absolute atomic E-state index is 12.4. The average molecular weight is 307 g/mol. The maximum Gasteiger partial charge on any atom is 0.338 e. The first kappa shape index (κ1) is 14.9. The predicted molar refractivity (Wildman–Crippen MR) is 84.6 cm³/mol. The zero-order valence-electron chi connectivity index (χ0n) is 13.2. The van der Waals surface area contributed by atoms with Crippen LogP contribution in [-0.4, -0.2) is 12.1 Å². The zero-order chi connectivity index (χ0) is 15.4. The Bertz CT molecular complexity index is 593. The van der Waals surface area contributed by atoms with Gasteiger partial charge in [0.05, 0.1) is 5.56 Å². The summed E-state index contributed by atoms with van der Waals surface area (Å²) in [5, 5.41) is 0.615. The Morgan fingerprint density at radius 2 is 2.05 bits per heavy atom. The van der Waals surface area contributed by atoms with Gasteiger partial charge in [-0.05, 0) is 55.2 Å². The van der Waals surface area contributed by atoms with E-state index in [1.54, 1.807) is 12.1 Å². The number of halogens is 1. The molecular formula is C18H23ClO2. The molecule has 3 heteroatoms. The summed E-state index contributed by atoms with van der Waals surface area (Å²) in [6.45, 7) is 8.85. The molecule has 2 bridgehead atoms. The minimum absolute atomic E-state index is 0.0267. The van der Waals surface area contributed by atoms with E-state index in [1.165, 1.54) is 6.42 Å². The minimum Gasteiger partial charge on any atom is -0.458 e. The lowest BCUT2D eigenvalue weighted by atomic mass is 9.70. The number of esters is 1. The van der Waals surface area contributed by atoms with Gasteiger partial charge in [-0.15, -0.1) is 0 Å². The molecule has 2 aliphatic rings. The molecule has 0 N–H and O–H groups in total. The van der Waals surface area contributed by atoms with Crippen LogP contribution in [-0.2, 0) is 4.74 Å². The second-order valence-corrected chi connectivity index (χ2v) is 7.88. The Balaban J connectivity index is 1.79. The number of aryl methyl sites for hydroxylation is 1. The highest BCUT2D eigenvalue weighted by Crippen LogP contribution is 2.66. The Kier molecular flexibility index (Phi) is 3.36. The lowest BCUT2D eigenvalue weighted by Crippen LogP contribution is -2.38. The fourth-order valence-corrected chi connectivity index (χ4v) is 4.41. The minimum atomic E-state index is -0.244. The van der Waals surface area contributed by atoms with E-state index in [4.69, 9.17) is 16.3 Å². The van der Waals surface area contributed by atoms with Crippen LogP contribution in [0.15, 0.2) is 18.2 Å². The molecule has 21 heavy (non-hydrogen) atoms. The fourth-order valence-electron chi connectivity index (χ4n) is 4.23. The Morgan fingerprint density at radius 1 is 1.33 bits per heavy atom. The second-order valence-electron chi connectivity index (χ2n) is 7.47. The lowest BCUT2D eigenvalue weighted by Gasteiger charge is -2.38. The van der Waals surface area contributed by atoms with Gasteiger partial charge >= 0.3 is 5.97 Å². The summed E-state index contributed by atoms with van der Waals surface area (Å²) >= 11 is 6.10. The Labute approximate surface area is 131 Å². The number of benzene rings is 1. The zero-order valence-corrected chi connectivity index (χ0v) is 14.0. The molecule has 0 amide bonds. The largest absolute Gasteiger partial charge is 0.458 e. The molecule has 1 aromatic rings. The fraction of sp³-hybridized carbons (Fsp3) is 0.611. The van der Waals surface area contributed by atoms with Crippen molar-refractivity contribution in [3.63, 3.8) is 0 Å². The highest BCUT2D eigenvalue weighted by molar-refractivity contribution is 6.31. The number of carbonyl (C=O) groups excluding carboxylic acids is 1. The van der Waals surface area contributed by atoms with Crippen molar-refractivity contribution in [2.75, 3.05) is 0 Å². The van der Waals surface area contributed by atoms with Gasteiger partial charge in [0.1, 0.15) is 6.10 Å². The highest BCUT2D eigenvalue weighted by Gasteiger charge is 2.62. The number of carbonyl (C=O) groups is 1. The summed E-state index contributed by atoms with van der Waals surface area (Å²) in [6, 6.07) is 5.37. The van der Waals surface area contributed by atoms with E-state index in [-0.39, 0.29) is 22.9 Å². The van der Waals surface area contributed by atoms with Gasteiger partial charge in [-0.2, -0.15) is 0 Å². The van der Waals surface area contributed by atoms with Crippen LogP contribution >= 0.6 is 11.6 Å². The maximum atomic E-state index is 12.4. The first-order valence-corrected chi connectivity index (χ1v) is 8.10. The van der Waals surface area contributed by atoms with E-state index in [2.05, 4.69) is 20.8 Å². The van der Waals surface area contributed by atoms with Crippen LogP contribution in [0.2, 0.25) is 5.02 Å². The second kappa shape index (κ2) is 4.74. The summed E-state index contributed by atoms with van der Waals surface area (Å²) in [4.78, 5) is 12.4. The summed E-state index contributed by atoms with van der Waals surface area (Å²) < 4.78 is 5.87. The van der Waals surface area contributed by atoms with Gasteiger partial charge in [-0.25, -0.2) is 4.79 Å². The van der Waals surface area contributed by atoms with Gasteiger partial charge < -0.3 is 4.74 Å². The van der Waals surface area contributed by atoms with Crippen molar-refractivity contribution < 1.29 is 9.53 Å². The molecule has 0 aliphatic heterocycles. The van der Waals surface area contributed by atoms with Gasteiger partial charge in [0.2, 0.25) is 0 Å². The molecule has 2 saturated carbocycles. The molecule has 0 radical (unpaired) electrons. The first-order chi connectivity index (χ1) is 9.75. The molecule has 3 atom stereocenters. The quantitative estimate of drug-likeness (QED) is 0.717. The molecular weight excluding hydrogens is 284 g/mol. The number of ether oxygens (including phenoxy) is 1. The summed E-state index contributed by atoms with van der Waals surface area (Å²) in [7, 11) is 0. The smallest absolute Gasteiger partial charge is 0.338 e. The number of rotatable bonds is 2. The van der Waals surface area contributed by atoms with E-state index in [0.717, 1.165) is 18.4 Å². The van der Waals surface area contributed by atoms with Gasteiger partial charge in [-0.3, -0.25) is 0 Å². The van der Waals surface area contributed by atoms with Crippen molar-refractivity contribution in [2.45, 2.75) is 53.1 Å². The third-order valence-corrected chi connectivity index (χ3v) is 6.78. The SMILES string of the molecule is Cc1ccc(C(=O)OC2CC3CCC2(C)C3(C)C)cc1Cl. The highest BCUT2D eigenvalue weighted by atomic mass is 35.5. The van der Waals surface area contributed by atoms with Gasteiger partial charge in [0.25, 0.3) is 0 Å². The summed E-state index contributed by atoms with van der Waals surface area (Å²) in [6.07, 6.45) is 3.43. The average Bonchev–Trinajstić information content (AvgIpc) is 2.75. The first-order valence-electron chi connectivity index (χ1n) is 7.73. The Hall–Kier alpha value is -1.02. The number of fused-ring (bicyclic) bond motifs is 2. The van der Waals surface area contributed by atoms with Crippen molar-refractivity contribution in [1.29, 1.82) is 0 Å². The molecule has 0 heterocycles. The van der Waals surface area contributed by atoms with Crippen LogP contribution in [0.5, 0.6) is 0 Å². The third-order valence-electron chi connectivity index (χ3n) is 6.37. The van der Waals surface area contributed by atoms with Crippen LogP contribution < -0.4 is 0 Å². The van der Waals surface area contributed by atoms with Crippen LogP contribution in [0, 0.1) is 23.7 Å². The van der Waals surface area contributed by atoms with Gasteiger partial charge in [0, 0.05) is 10.4 Å². The van der Waals surface area contributed by atoms with E-state index in [9.17, 15) is 4.79 Å². The molecule has 0 aromatic heterocycles. The van der Waals surface area contributed by atoms with E-state index >= 15 is 0 Å².